The fraction of sp³-hybridized carbons (Fsp3) is 0.625. The van der Waals surface area contributed by atoms with Gasteiger partial charge in [-0.2, -0.15) is 0 Å². The molecule has 1 aromatic heterocycles. The second-order valence-corrected chi connectivity index (χ2v) is 6.03. The van der Waals surface area contributed by atoms with Crippen molar-refractivity contribution in [2.75, 3.05) is 18.0 Å². The molecule has 0 saturated carbocycles. The summed E-state index contributed by atoms with van der Waals surface area (Å²) in [5.74, 6) is -0.541. The molecule has 2 atom stereocenters. The highest BCUT2D eigenvalue weighted by Gasteiger charge is 2.31. The number of rotatable bonds is 6. The quantitative estimate of drug-likeness (QED) is 0.820. The number of aromatic nitrogens is 2. The number of carbonyl (C=O) groups excluding carboxylic acids is 1. The Hall–Kier alpha value is -2.18. The zero-order valence-electron chi connectivity index (χ0n) is 13.6. The third-order valence-corrected chi connectivity index (χ3v) is 4.52. The summed E-state index contributed by atoms with van der Waals surface area (Å²) in [6, 6.07) is -0.814. The lowest BCUT2D eigenvalue weighted by atomic mass is 9.93. The van der Waals surface area contributed by atoms with Crippen molar-refractivity contribution in [1.82, 2.24) is 15.3 Å². The van der Waals surface area contributed by atoms with E-state index in [9.17, 15) is 14.7 Å². The number of carbonyl (C=O) groups is 2. The van der Waals surface area contributed by atoms with Gasteiger partial charge in [0.1, 0.15) is 11.9 Å². The molecule has 1 aliphatic heterocycles. The molecule has 2 unspecified atom stereocenters. The fourth-order valence-corrected chi connectivity index (χ4v) is 2.78. The number of aliphatic carboxylic acids is 1. The predicted molar refractivity (Wildman–Crippen MR) is 86.0 cm³/mol. The van der Waals surface area contributed by atoms with E-state index in [1.54, 1.807) is 18.6 Å². The smallest absolute Gasteiger partial charge is 0.326 e. The van der Waals surface area contributed by atoms with E-state index in [-0.39, 0.29) is 17.7 Å². The summed E-state index contributed by atoms with van der Waals surface area (Å²) in [7, 11) is 0. The van der Waals surface area contributed by atoms with E-state index >= 15 is 0 Å². The van der Waals surface area contributed by atoms with Crippen LogP contribution in [-0.2, 0) is 9.59 Å². The maximum Gasteiger partial charge on any atom is 0.326 e. The van der Waals surface area contributed by atoms with Crippen molar-refractivity contribution in [2.45, 2.75) is 39.2 Å². The Morgan fingerprint density at radius 1 is 1.39 bits per heavy atom. The van der Waals surface area contributed by atoms with Gasteiger partial charge in [-0.3, -0.25) is 9.78 Å². The van der Waals surface area contributed by atoms with E-state index in [2.05, 4.69) is 20.2 Å². The molecule has 1 aromatic rings. The first-order valence-electron chi connectivity index (χ1n) is 8.07. The van der Waals surface area contributed by atoms with E-state index < -0.39 is 12.0 Å². The van der Waals surface area contributed by atoms with Crippen molar-refractivity contribution in [2.24, 2.45) is 11.8 Å². The molecule has 1 aliphatic rings. The summed E-state index contributed by atoms with van der Waals surface area (Å²) in [6.45, 7) is 5.21. The van der Waals surface area contributed by atoms with E-state index in [4.69, 9.17) is 0 Å². The molecule has 1 amide bonds. The van der Waals surface area contributed by atoms with Gasteiger partial charge in [0.2, 0.25) is 5.91 Å². The highest BCUT2D eigenvalue weighted by atomic mass is 16.4. The molecular weight excluding hydrogens is 296 g/mol. The molecule has 126 valence electrons. The number of nitrogens with one attached hydrogen (secondary N) is 1. The Morgan fingerprint density at radius 3 is 2.61 bits per heavy atom. The van der Waals surface area contributed by atoms with Crippen LogP contribution in [-0.4, -0.2) is 46.1 Å². The lowest BCUT2D eigenvalue weighted by Crippen LogP contribution is -2.49. The number of hydrogen-bond donors (Lipinski definition) is 2. The average molecular weight is 320 g/mol. The van der Waals surface area contributed by atoms with Crippen LogP contribution in [0, 0.1) is 11.8 Å². The number of nitrogens with zero attached hydrogens (tertiary/aromatic N) is 3. The van der Waals surface area contributed by atoms with Crippen LogP contribution < -0.4 is 10.2 Å². The number of hydrogen-bond acceptors (Lipinski definition) is 5. The second kappa shape index (κ2) is 7.89. The highest BCUT2D eigenvalue weighted by molar-refractivity contribution is 5.85. The van der Waals surface area contributed by atoms with Crippen molar-refractivity contribution < 1.29 is 14.7 Å². The predicted octanol–water partition coefficient (Wildman–Crippen LogP) is 1.31. The Morgan fingerprint density at radius 2 is 2.09 bits per heavy atom. The van der Waals surface area contributed by atoms with Gasteiger partial charge in [0.25, 0.3) is 0 Å². The number of carboxylic acids is 1. The Balaban J connectivity index is 1.89. The van der Waals surface area contributed by atoms with Crippen molar-refractivity contribution >= 4 is 17.7 Å². The highest BCUT2D eigenvalue weighted by Crippen LogP contribution is 2.21. The van der Waals surface area contributed by atoms with Crippen LogP contribution in [0.25, 0.3) is 0 Å². The summed E-state index contributed by atoms with van der Waals surface area (Å²) >= 11 is 0. The second-order valence-electron chi connectivity index (χ2n) is 6.03. The van der Waals surface area contributed by atoms with Gasteiger partial charge in [0.05, 0.1) is 6.20 Å². The average Bonchev–Trinajstić information content (AvgIpc) is 2.59. The largest absolute Gasteiger partial charge is 0.480 e. The van der Waals surface area contributed by atoms with Crippen LogP contribution in [0.5, 0.6) is 0 Å². The lowest BCUT2D eigenvalue weighted by molar-refractivity contribution is -0.144. The summed E-state index contributed by atoms with van der Waals surface area (Å²) in [5, 5.41) is 12.0. The maximum absolute atomic E-state index is 12.4. The molecular formula is C16H24N4O3. The number of piperidine rings is 1. The van der Waals surface area contributed by atoms with Gasteiger partial charge in [0, 0.05) is 31.4 Å². The van der Waals surface area contributed by atoms with Crippen LogP contribution in [0.4, 0.5) is 5.82 Å². The van der Waals surface area contributed by atoms with E-state index in [0.29, 0.717) is 19.3 Å². The first-order chi connectivity index (χ1) is 11.0. The zero-order valence-corrected chi connectivity index (χ0v) is 13.6. The van der Waals surface area contributed by atoms with Crippen molar-refractivity contribution in [1.29, 1.82) is 0 Å². The summed E-state index contributed by atoms with van der Waals surface area (Å²) in [6.07, 6.45) is 7.08. The Bertz CT molecular complexity index is 529. The van der Waals surface area contributed by atoms with Gasteiger partial charge < -0.3 is 15.3 Å². The van der Waals surface area contributed by atoms with Gasteiger partial charge in [-0.25, -0.2) is 9.78 Å². The minimum Gasteiger partial charge on any atom is -0.480 e. The number of anilines is 1. The van der Waals surface area contributed by atoms with Crippen LogP contribution in [0.2, 0.25) is 0 Å². The summed E-state index contributed by atoms with van der Waals surface area (Å²) in [4.78, 5) is 34.1. The van der Waals surface area contributed by atoms with E-state index in [1.807, 2.05) is 13.8 Å². The minimum absolute atomic E-state index is 0.0869. The summed E-state index contributed by atoms with van der Waals surface area (Å²) in [5.41, 5.74) is 0. The number of amides is 1. The van der Waals surface area contributed by atoms with Crippen LogP contribution in [0.15, 0.2) is 18.6 Å². The Labute approximate surface area is 136 Å². The molecule has 1 fully saturated rings. The standard InChI is InChI=1S/C16H24N4O3/c1-3-11(2)14(16(22)23)19-15(21)12-4-8-20(9-5-12)13-10-17-6-7-18-13/h6-7,10-12,14H,3-5,8-9H2,1-2H3,(H,19,21)(H,22,23). The van der Waals surface area contributed by atoms with Crippen LogP contribution in [0.3, 0.4) is 0 Å². The molecule has 1 saturated heterocycles. The molecule has 2 heterocycles. The molecule has 0 radical (unpaired) electrons. The van der Waals surface area contributed by atoms with E-state index in [1.165, 1.54) is 0 Å². The number of carboxylic acid groups (broad SMARTS) is 1. The molecule has 7 nitrogen and oxygen atoms in total. The minimum atomic E-state index is -0.968. The molecule has 0 aromatic carbocycles. The molecule has 2 N–H and O–H groups in total. The van der Waals surface area contributed by atoms with Crippen molar-refractivity contribution in [3.05, 3.63) is 18.6 Å². The maximum atomic E-state index is 12.4. The van der Waals surface area contributed by atoms with Gasteiger partial charge in [-0.15, -0.1) is 0 Å². The molecule has 2 rings (SSSR count). The normalized spacial score (nSPS) is 18.3. The molecule has 0 spiro atoms. The Kier molecular flexibility index (Phi) is 5.90. The van der Waals surface area contributed by atoms with Crippen molar-refractivity contribution in [3.63, 3.8) is 0 Å². The molecule has 7 heteroatoms. The van der Waals surface area contributed by atoms with Gasteiger partial charge in [-0.1, -0.05) is 20.3 Å². The topological polar surface area (TPSA) is 95.4 Å². The zero-order chi connectivity index (χ0) is 16.8. The fourth-order valence-electron chi connectivity index (χ4n) is 2.78. The van der Waals surface area contributed by atoms with Crippen LogP contribution >= 0.6 is 0 Å². The molecule has 0 aliphatic carbocycles. The van der Waals surface area contributed by atoms with E-state index in [0.717, 1.165) is 18.9 Å². The van der Waals surface area contributed by atoms with Gasteiger partial charge >= 0.3 is 5.97 Å². The monoisotopic (exact) mass is 320 g/mol. The SMILES string of the molecule is CCC(C)C(NC(=O)C1CCN(c2cnccn2)CC1)C(=O)O. The van der Waals surface area contributed by atoms with Gasteiger partial charge in [0.15, 0.2) is 0 Å². The summed E-state index contributed by atoms with van der Waals surface area (Å²) < 4.78 is 0. The van der Waals surface area contributed by atoms with Crippen LogP contribution in [0.1, 0.15) is 33.1 Å². The van der Waals surface area contributed by atoms with Gasteiger partial charge in [-0.05, 0) is 18.8 Å². The first kappa shape index (κ1) is 17.2. The van der Waals surface area contributed by atoms with Crippen molar-refractivity contribution in [3.8, 4) is 0 Å². The lowest BCUT2D eigenvalue weighted by Gasteiger charge is -2.32. The first-order valence-corrected chi connectivity index (χ1v) is 8.07. The third-order valence-electron chi connectivity index (χ3n) is 4.52. The molecule has 23 heavy (non-hydrogen) atoms. The molecule has 0 bridgehead atoms. The third kappa shape index (κ3) is 4.40.